The topological polar surface area (TPSA) is 32.3 Å². The number of hydrogen-bond acceptors (Lipinski definition) is 2. The summed E-state index contributed by atoms with van der Waals surface area (Å²) in [5.41, 5.74) is -0.338. The molecule has 1 rings (SSSR count). The van der Waals surface area contributed by atoms with E-state index in [1.54, 1.807) is 0 Å². The maximum absolute atomic E-state index is 10.6. The summed E-state index contributed by atoms with van der Waals surface area (Å²) in [4.78, 5) is 0. The van der Waals surface area contributed by atoms with Gasteiger partial charge in [-0.1, -0.05) is 58.8 Å². The van der Waals surface area contributed by atoms with Gasteiger partial charge in [0.05, 0.1) is 5.60 Å². The zero-order valence-corrected chi connectivity index (χ0v) is 13.2. The molecule has 0 spiro atoms. The minimum atomic E-state index is -0.338. The van der Waals surface area contributed by atoms with Crippen LogP contribution in [0.4, 0.5) is 0 Å². The first-order valence-corrected chi connectivity index (χ1v) is 8.66. The number of aliphatic hydroxyl groups is 1. The van der Waals surface area contributed by atoms with Crippen molar-refractivity contribution in [3.05, 3.63) is 0 Å². The third kappa shape index (κ3) is 7.31. The van der Waals surface area contributed by atoms with Gasteiger partial charge >= 0.3 is 0 Å². The van der Waals surface area contributed by atoms with Gasteiger partial charge in [-0.3, -0.25) is 0 Å². The van der Waals surface area contributed by atoms with Crippen LogP contribution in [0.15, 0.2) is 0 Å². The van der Waals surface area contributed by atoms with E-state index in [2.05, 4.69) is 19.2 Å². The Morgan fingerprint density at radius 3 is 2.11 bits per heavy atom. The molecule has 2 N–H and O–H groups in total. The third-order valence-electron chi connectivity index (χ3n) is 4.65. The van der Waals surface area contributed by atoms with Crippen molar-refractivity contribution in [2.45, 2.75) is 103 Å². The van der Waals surface area contributed by atoms with Crippen LogP contribution < -0.4 is 5.32 Å². The maximum Gasteiger partial charge on any atom is 0.0649 e. The first kappa shape index (κ1) is 17.0. The van der Waals surface area contributed by atoms with Crippen LogP contribution in [0.3, 0.4) is 0 Å². The monoisotopic (exact) mass is 269 g/mol. The second-order valence-corrected chi connectivity index (χ2v) is 6.43. The standard InChI is InChI=1S/C17H35NO/c1-3-5-6-7-8-9-10-13-17(19)14-11-16(12-15-17)18-4-2/h16,18-19H,3-15H2,1-2H3. The van der Waals surface area contributed by atoms with Crippen LogP contribution in [0.2, 0.25) is 0 Å². The van der Waals surface area contributed by atoms with Gasteiger partial charge in [0.15, 0.2) is 0 Å². The summed E-state index contributed by atoms with van der Waals surface area (Å²) in [5.74, 6) is 0. The highest BCUT2D eigenvalue weighted by Crippen LogP contribution is 2.32. The van der Waals surface area contributed by atoms with E-state index in [4.69, 9.17) is 0 Å². The number of rotatable bonds is 10. The first-order valence-electron chi connectivity index (χ1n) is 8.66. The lowest BCUT2D eigenvalue weighted by Gasteiger charge is -2.36. The zero-order valence-electron chi connectivity index (χ0n) is 13.2. The molecule has 0 aromatic carbocycles. The molecule has 0 atom stereocenters. The lowest BCUT2D eigenvalue weighted by Crippen LogP contribution is -2.41. The lowest BCUT2D eigenvalue weighted by molar-refractivity contribution is -0.0128. The molecule has 1 saturated carbocycles. The average molecular weight is 269 g/mol. The minimum Gasteiger partial charge on any atom is -0.390 e. The van der Waals surface area contributed by atoms with Crippen LogP contribution in [0.25, 0.3) is 0 Å². The molecule has 114 valence electrons. The molecule has 19 heavy (non-hydrogen) atoms. The van der Waals surface area contributed by atoms with E-state index in [0.29, 0.717) is 6.04 Å². The van der Waals surface area contributed by atoms with Crippen LogP contribution in [-0.2, 0) is 0 Å². The molecule has 2 heteroatoms. The zero-order chi connectivity index (χ0) is 14.0. The Labute approximate surface area is 120 Å². The fraction of sp³-hybridized carbons (Fsp3) is 1.00. The molecule has 0 aliphatic heterocycles. The molecular formula is C17H35NO. The van der Waals surface area contributed by atoms with Gasteiger partial charge in [-0.25, -0.2) is 0 Å². The van der Waals surface area contributed by atoms with E-state index in [9.17, 15) is 5.11 Å². The molecule has 0 heterocycles. The SMILES string of the molecule is CCCCCCCCCC1(O)CCC(NCC)CC1. The van der Waals surface area contributed by atoms with Crippen molar-refractivity contribution >= 4 is 0 Å². The van der Waals surface area contributed by atoms with E-state index >= 15 is 0 Å². The summed E-state index contributed by atoms with van der Waals surface area (Å²) in [6, 6.07) is 0.652. The smallest absolute Gasteiger partial charge is 0.0649 e. The summed E-state index contributed by atoms with van der Waals surface area (Å²) < 4.78 is 0. The second kappa shape index (κ2) is 9.77. The van der Waals surface area contributed by atoms with Crippen molar-refractivity contribution in [1.29, 1.82) is 0 Å². The lowest BCUT2D eigenvalue weighted by atomic mass is 9.79. The molecule has 0 saturated heterocycles. The largest absolute Gasteiger partial charge is 0.390 e. The Kier molecular flexibility index (Phi) is 8.72. The third-order valence-corrected chi connectivity index (χ3v) is 4.65. The summed E-state index contributed by atoms with van der Waals surface area (Å²) in [6.07, 6.45) is 14.7. The quantitative estimate of drug-likeness (QED) is 0.576. The van der Waals surface area contributed by atoms with Gasteiger partial charge in [0.1, 0.15) is 0 Å². The van der Waals surface area contributed by atoms with Crippen molar-refractivity contribution in [2.24, 2.45) is 0 Å². The molecule has 0 radical (unpaired) electrons. The fourth-order valence-electron chi connectivity index (χ4n) is 3.31. The van der Waals surface area contributed by atoms with E-state index < -0.39 is 0 Å². The summed E-state index contributed by atoms with van der Waals surface area (Å²) in [6.45, 7) is 5.49. The van der Waals surface area contributed by atoms with E-state index in [-0.39, 0.29) is 5.60 Å². The molecule has 0 aromatic rings. The van der Waals surface area contributed by atoms with Crippen molar-refractivity contribution < 1.29 is 5.11 Å². The molecule has 1 aliphatic rings. The minimum absolute atomic E-state index is 0.338. The van der Waals surface area contributed by atoms with Gasteiger partial charge in [-0.15, -0.1) is 0 Å². The van der Waals surface area contributed by atoms with Gasteiger partial charge in [0.2, 0.25) is 0 Å². The van der Waals surface area contributed by atoms with Crippen LogP contribution in [0, 0.1) is 0 Å². The average Bonchev–Trinajstić information content (AvgIpc) is 2.41. The summed E-state index contributed by atoms with van der Waals surface area (Å²) in [5, 5.41) is 14.1. The molecule has 2 nitrogen and oxygen atoms in total. The first-order chi connectivity index (χ1) is 9.20. The molecule has 0 aromatic heterocycles. The highest BCUT2D eigenvalue weighted by Gasteiger charge is 2.32. The second-order valence-electron chi connectivity index (χ2n) is 6.43. The van der Waals surface area contributed by atoms with Crippen molar-refractivity contribution in [2.75, 3.05) is 6.54 Å². The summed E-state index contributed by atoms with van der Waals surface area (Å²) >= 11 is 0. The molecule has 1 fully saturated rings. The van der Waals surface area contributed by atoms with Gasteiger partial charge in [-0.05, 0) is 38.6 Å². The van der Waals surface area contributed by atoms with Gasteiger partial charge in [0.25, 0.3) is 0 Å². The van der Waals surface area contributed by atoms with Crippen LogP contribution in [0.5, 0.6) is 0 Å². The van der Waals surface area contributed by atoms with Crippen LogP contribution in [0.1, 0.15) is 90.9 Å². The maximum atomic E-state index is 10.6. The highest BCUT2D eigenvalue weighted by molar-refractivity contribution is 4.87. The van der Waals surface area contributed by atoms with Gasteiger partial charge in [0, 0.05) is 6.04 Å². The number of hydrogen-bond donors (Lipinski definition) is 2. The Balaban J connectivity index is 2.02. The number of unbranched alkanes of at least 4 members (excludes halogenated alkanes) is 6. The van der Waals surface area contributed by atoms with Crippen LogP contribution in [-0.4, -0.2) is 23.3 Å². The van der Waals surface area contributed by atoms with Crippen molar-refractivity contribution in [3.8, 4) is 0 Å². The molecule has 0 amide bonds. The fourth-order valence-corrected chi connectivity index (χ4v) is 3.31. The number of nitrogens with one attached hydrogen (secondary N) is 1. The molecule has 1 aliphatic carbocycles. The van der Waals surface area contributed by atoms with E-state index in [1.807, 2.05) is 0 Å². The Morgan fingerprint density at radius 1 is 0.947 bits per heavy atom. The molecule has 0 unspecified atom stereocenters. The predicted molar refractivity (Wildman–Crippen MR) is 83.5 cm³/mol. The Morgan fingerprint density at radius 2 is 1.53 bits per heavy atom. The van der Waals surface area contributed by atoms with Crippen molar-refractivity contribution in [3.63, 3.8) is 0 Å². The van der Waals surface area contributed by atoms with Crippen LogP contribution >= 0.6 is 0 Å². The van der Waals surface area contributed by atoms with Gasteiger partial charge < -0.3 is 10.4 Å². The summed E-state index contributed by atoms with van der Waals surface area (Å²) in [7, 11) is 0. The molecule has 0 bridgehead atoms. The van der Waals surface area contributed by atoms with Crippen molar-refractivity contribution in [1.82, 2.24) is 5.32 Å². The van der Waals surface area contributed by atoms with E-state index in [1.165, 1.54) is 44.9 Å². The Hall–Kier alpha value is -0.0800. The molecular weight excluding hydrogens is 234 g/mol. The predicted octanol–water partition coefficient (Wildman–Crippen LogP) is 4.41. The normalized spacial score (nSPS) is 27.6. The Bertz CT molecular complexity index is 209. The highest BCUT2D eigenvalue weighted by atomic mass is 16.3. The van der Waals surface area contributed by atoms with E-state index in [0.717, 1.165) is 38.6 Å². The van der Waals surface area contributed by atoms with Gasteiger partial charge in [-0.2, -0.15) is 0 Å².